The van der Waals surface area contributed by atoms with Crippen LogP contribution in [-0.4, -0.2) is 47.7 Å². The Morgan fingerprint density at radius 3 is 1.93 bits per heavy atom. The van der Waals surface area contributed by atoms with Crippen molar-refractivity contribution in [3.8, 4) is 0 Å². The predicted octanol–water partition coefficient (Wildman–Crippen LogP) is 5.51. The van der Waals surface area contributed by atoms with Crippen molar-refractivity contribution >= 4 is 38.0 Å². The van der Waals surface area contributed by atoms with E-state index in [-0.39, 0.29) is 18.2 Å². The van der Waals surface area contributed by atoms with Gasteiger partial charge in [-0.1, -0.05) is 68.3 Å². The number of rotatable bonds is 4. The Labute approximate surface area is 195 Å². The van der Waals surface area contributed by atoms with Gasteiger partial charge in [0.25, 0.3) is 0 Å². The fraction of sp³-hybridized carbons (Fsp3) is 0.435. The third-order valence-electron chi connectivity index (χ3n) is 5.19. The summed E-state index contributed by atoms with van der Waals surface area (Å²) in [6.07, 6.45) is -0.255. The molecule has 1 amide bonds. The smallest absolute Gasteiger partial charge is 0.410 e. The molecule has 0 aliphatic carbocycles. The van der Waals surface area contributed by atoms with Crippen LogP contribution in [-0.2, 0) is 4.74 Å². The van der Waals surface area contributed by atoms with Gasteiger partial charge in [0.15, 0.2) is 0 Å². The number of carbonyl (C=O) groups is 1. The van der Waals surface area contributed by atoms with Gasteiger partial charge in [-0.2, -0.15) is 0 Å². The van der Waals surface area contributed by atoms with Gasteiger partial charge in [0.2, 0.25) is 0 Å². The lowest BCUT2D eigenvalue weighted by Gasteiger charge is -2.42. The van der Waals surface area contributed by atoms with E-state index in [0.29, 0.717) is 13.1 Å². The van der Waals surface area contributed by atoms with Gasteiger partial charge in [-0.3, -0.25) is 4.90 Å². The monoisotopic (exact) mass is 537 g/mol. The van der Waals surface area contributed by atoms with Crippen molar-refractivity contribution in [3.63, 3.8) is 0 Å². The summed E-state index contributed by atoms with van der Waals surface area (Å²) in [7, 11) is 0. The highest BCUT2D eigenvalue weighted by Crippen LogP contribution is 2.39. The van der Waals surface area contributed by atoms with Crippen LogP contribution < -0.4 is 5.73 Å². The van der Waals surface area contributed by atoms with Crippen LogP contribution in [0.15, 0.2) is 57.5 Å². The molecule has 0 saturated carbocycles. The summed E-state index contributed by atoms with van der Waals surface area (Å²) in [4.78, 5) is 16.6. The first-order valence-electron chi connectivity index (χ1n) is 10.1. The fourth-order valence-corrected chi connectivity index (χ4v) is 4.83. The zero-order valence-electron chi connectivity index (χ0n) is 17.6. The Morgan fingerprint density at radius 2 is 1.43 bits per heavy atom. The second-order valence-electron chi connectivity index (χ2n) is 8.52. The summed E-state index contributed by atoms with van der Waals surface area (Å²) in [5.74, 6) is 0. The van der Waals surface area contributed by atoms with Crippen molar-refractivity contribution in [2.45, 2.75) is 38.5 Å². The van der Waals surface area contributed by atoms with Crippen LogP contribution in [0.4, 0.5) is 4.79 Å². The molecule has 0 bridgehead atoms. The number of piperazine rings is 1. The van der Waals surface area contributed by atoms with Gasteiger partial charge >= 0.3 is 6.09 Å². The minimum absolute atomic E-state index is 0.0277. The number of halogens is 2. The third kappa shape index (κ3) is 5.63. The van der Waals surface area contributed by atoms with Crippen molar-refractivity contribution < 1.29 is 9.53 Å². The van der Waals surface area contributed by atoms with Gasteiger partial charge < -0.3 is 15.4 Å². The molecule has 162 valence electrons. The van der Waals surface area contributed by atoms with E-state index < -0.39 is 5.60 Å². The quantitative estimate of drug-likeness (QED) is 0.558. The number of benzene rings is 2. The van der Waals surface area contributed by atoms with E-state index >= 15 is 0 Å². The largest absolute Gasteiger partial charge is 0.444 e. The minimum atomic E-state index is -0.492. The second-order valence-corrected chi connectivity index (χ2v) is 10.2. The fourth-order valence-electron chi connectivity index (χ4n) is 3.76. The average molecular weight is 539 g/mol. The number of ether oxygens (including phenoxy) is 1. The maximum absolute atomic E-state index is 12.5. The Bertz CT molecular complexity index is 877. The topological polar surface area (TPSA) is 58.8 Å². The van der Waals surface area contributed by atoms with Crippen LogP contribution in [0.5, 0.6) is 0 Å². The lowest BCUT2D eigenvalue weighted by atomic mass is 9.92. The second kappa shape index (κ2) is 9.81. The molecular weight excluding hydrogens is 510 g/mol. The lowest BCUT2D eigenvalue weighted by molar-refractivity contribution is 0.00866. The summed E-state index contributed by atoms with van der Waals surface area (Å²) < 4.78 is 7.58. The van der Waals surface area contributed by atoms with Crippen molar-refractivity contribution in [1.82, 2.24) is 9.80 Å². The average Bonchev–Trinajstić information content (AvgIpc) is 2.69. The lowest BCUT2D eigenvalue weighted by Crippen LogP contribution is -2.52. The molecular formula is C23H29Br2N3O2. The molecule has 1 fully saturated rings. The van der Waals surface area contributed by atoms with Crippen LogP contribution >= 0.6 is 31.9 Å². The molecule has 0 radical (unpaired) electrons. The van der Waals surface area contributed by atoms with Crippen molar-refractivity contribution in [3.05, 3.63) is 68.6 Å². The van der Waals surface area contributed by atoms with E-state index in [9.17, 15) is 4.79 Å². The SMILES string of the molecule is CC(C)(C)OC(=O)N1CCN(C(c2ccccc2Br)C(N)c2ccccc2Br)CC1. The highest BCUT2D eigenvalue weighted by atomic mass is 79.9. The van der Waals surface area contributed by atoms with E-state index in [1.54, 1.807) is 4.90 Å². The van der Waals surface area contributed by atoms with Crippen molar-refractivity contribution in [1.29, 1.82) is 0 Å². The molecule has 2 aromatic carbocycles. The maximum atomic E-state index is 12.5. The first kappa shape index (κ1) is 23.3. The molecule has 2 aromatic rings. The molecule has 1 saturated heterocycles. The molecule has 30 heavy (non-hydrogen) atoms. The number of nitrogens with zero attached hydrogens (tertiary/aromatic N) is 2. The van der Waals surface area contributed by atoms with Gasteiger partial charge in [0.05, 0.1) is 12.1 Å². The van der Waals surface area contributed by atoms with Crippen LogP contribution in [0.25, 0.3) is 0 Å². The van der Waals surface area contributed by atoms with Crippen LogP contribution in [0.1, 0.15) is 44.0 Å². The first-order chi connectivity index (χ1) is 14.2. The number of hydrogen-bond donors (Lipinski definition) is 1. The highest BCUT2D eigenvalue weighted by molar-refractivity contribution is 9.10. The van der Waals surface area contributed by atoms with Crippen LogP contribution in [0, 0.1) is 0 Å². The van der Waals surface area contributed by atoms with Crippen molar-refractivity contribution in [2.24, 2.45) is 5.73 Å². The summed E-state index contributed by atoms with van der Waals surface area (Å²) in [5.41, 5.74) is 8.57. The number of hydrogen-bond acceptors (Lipinski definition) is 4. The van der Waals surface area contributed by atoms with Crippen LogP contribution in [0.2, 0.25) is 0 Å². The Kier molecular flexibility index (Phi) is 7.61. The molecule has 2 unspecified atom stereocenters. The van der Waals surface area contributed by atoms with Gasteiger partial charge in [-0.05, 0) is 44.0 Å². The Hall–Kier alpha value is -1.41. The molecule has 5 nitrogen and oxygen atoms in total. The van der Waals surface area contributed by atoms with E-state index in [2.05, 4.69) is 48.9 Å². The molecule has 1 aliphatic heterocycles. The summed E-state index contributed by atoms with van der Waals surface area (Å²) >= 11 is 7.37. The van der Waals surface area contributed by atoms with Gasteiger partial charge in [-0.15, -0.1) is 0 Å². The maximum Gasteiger partial charge on any atom is 0.410 e. The summed E-state index contributed by atoms with van der Waals surface area (Å²) in [5, 5.41) is 0. The normalized spacial score (nSPS) is 17.5. The van der Waals surface area contributed by atoms with Gasteiger partial charge in [0.1, 0.15) is 5.60 Å². The molecule has 3 rings (SSSR count). The highest BCUT2D eigenvalue weighted by Gasteiger charge is 2.34. The zero-order chi connectivity index (χ0) is 21.9. The number of amides is 1. The predicted molar refractivity (Wildman–Crippen MR) is 127 cm³/mol. The molecule has 0 aromatic heterocycles. The summed E-state index contributed by atoms with van der Waals surface area (Å²) in [6.45, 7) is 8.34. The van der Waals surface area contributed by atoms with E-state index in [1.165, 1.54) is 0 Å². The van der Waals surface area contributed by atoms with Crippen molar-refractivity contribution in [2.75, 3.05) is 26.2 Å². The number of carbonyl (C=O) groups excluding carboxylic acids is 1. The first-order valence-corrected chi connectivity index (χ1v) is 11.7. The van der Waals surface area contributed by atoms with E-state index in [1.807, 2.05) is 57.2 Å². The Morgan fingerprint density at radius 1 is 0.933 bits per heavy atom. The van der Waals surface area contributed by atoms with Crippen LogP contribution in [0.3, 0.4) is 0 Å². The summed E-state index contributed by atoms with van der Waals surface area (Å²) in [6, 6.07) is 16.0. The molecule has 2 atom stereocenters. The standard InChI is InChI=1S/C23H29Br2N3O2/c1-23(2,3)30-22(29)28-14-12-27(13-15-28)21(17-9-5-7-11-19(17)25)20(26)16-8-4-6-10-18(16)24/h4-11,20-21H,12-15,26H2,1-3H3. The zero-order valence-corrected chi connectivity index (χ0v) is 20.8. The molecule has 2 N–H and O–H groups in total. The Balaban J connectivity index is 1.83. The number of nitrogens with two attached hydrogens (primary N) is 1. The minimum Gasteiger partial charge on any atom is -0.444 e. The van der Waals surface area contributed by atoms with Gasteiger partial charge in [0, 0.05) is 35.1 Å². The molecule has 1 heterocycles. The van der Waals surface area contributed by atoms with Gasteiger partial charge in [-0.25, -0.2) is 4.79 Å². The molecule has 1 aliphatic rings. The van der Waals surface area contributed by atoms with E-state index in [4.69, 9.17) is 10.5 Å². The molecule has 7 heteroatoms. The molecule has 0 spiro atoms. The third-order valence-corrected chi connectivity index (χ3v) is 6.63. The van der Waals surface area contributed by atoms with E-state index in [0.717, 1.165) is 33.2 Å².